The van der Waals surface area contributed by atoms with E-state index in [1.54, 1.807) is 69.3 Å². The van der Waals surface area contributed by atoms with Gasteiger partial charge in [0.05, 0.1) is 0 Å². The van der Waals surface area contributed by atoms with E-state index in [9.17, 15) is 9.59 Å². The van der Waals surface area contributed by atoms with Crippen LogP contribution in [0.4, 0.5) is 21.9 Å². The van der Waals surface area contributed by atoms with Crippen LogP contribution in [0.25, 0.3) is 0 Å². The molecule has 2 aromatic rings. The Morgan fingerprint density at radius 2 is 1.54 bits per heavy atom. The predicted molar refractivity (Wildman–Crippen MR) is 95.1 cm³/mol. The van der Waals surface area contributed by atoms with E-state index in [-0.39, 0.29) is 5.91 Å². The van der Waals surface area contributed by atoms with Crippen molar-refractivity contribution in [3.8, 4) is 0 Å². The van der Waals surface area contributed by atoms with Crippen LogP contribution < -0.4 is 16.4 Å². The normalized spacial score (nSPS) is 10.8. The molecule has 0 radical (unpaired) electrons. The molecular weight excluding hydrogens is 306 g/mol. The van der Waals surface area contributed by atoms with E-state index in [2.05, 4.69) is 10.6 Å². The maximum Gasteiger partial charge on any atom is 0.412 e. The number of hydrogen-bond donors (Lipinski definition) is 3. The monoisotopic (exact) mass is 327 g/mol. The highest BCUT2D eigenvalue weighted by atomic mass is 16.6. The van der Waals surface area contributed by atoms with Crippen LogP contribution in [-0.4, -0.2) is 17.6 Å². The zero-order valence-corrected chi connectivity index (χ0v) is 13.9. The largest absolute Gasteiger partial charge is 0.444 e. The molecular formula is C18H21N3O3. The first kappa shape index (κ1) is 17.3. The average molecular weight is 327 g/mol. The molecule has 0 fully saturated rings. The Morgan fingerprint density at radius 1 is 0.958 bits per heavy atom. The Balaban J connectivity index is 1.97. The van der Waals surface area contributed by atoms with Gasteiger partial charge < -0.3 is 15.8 Å². The van der Waals surface area contributed by atoms with Gasteiger partial charge in [-0.1, -0.05) is 6.07 Å². The molecule has 0 bridgehead atoms. The van der Waals surface area contributed by atoms with Crippen molar-refractivity contribution in [3.05, 3.63) is 54.1 Å². The van der Waals surface area contributed by atoms with Gasteiger partial charge in [-0.2, -0.15) is 0 Å². The van der Waals surface area contributed by atoms with Crippen LogP contribution in [0.15, 0.2) is 48.5 Å². The van der Waals surface area contributed by atoms with Crippen molar-refractivity contribution in [2.75, 3.05) is 16.4 Å². The van der Waals surface area contributed by atoms with Crippen LogP contribution in [0.2, 0.25) is 0 Å². The molecule has 2 rings (SSSR count). The molecule has 0 aliphatic heterocycles. The van der Waals surface area contributed by atoms with Crippen LogP contribution in [0, 0.1) is 0 Å². The molecule has 0 heterocycles. The molecule has 0 spiro atoms. The van der Waals surface area contributed by atoms with Crippen molar-refractivity contribution in [2.24, 2.45) is 0 Å². The summed E-state index contributed by atoms with van der Waals surface area (Å²) in [4.78, 5) is 23.8. The van der Waals surface area contributed by atoms with Crippen molar-refractivity contribution in [1.82, 2.24) is 0 Å². The quantitative estimate of drug-likeness (QED) is 0.746. The summed E-state index contributed by atoms with van der Waals surface area (Å²) in [5.41, 5.74) is 7.30. The SMILES string of the molecule is CC(C)(C)OC(=O)Nc1ccc(NC(=O)c2cccc(N)c2)cc1. The molecule has 24 heavy (non-hydrogen) atoms. The first-order chi connectivity index (χ1) is 11.2. The molecule has 0 aliphatic carbocycles. The maximum absolute atomic E-state index is 12.1. The van der Waals surface area contributed by atoms with Gasteiger partial charge in [0.2, 0.25) is 0 Å². The number of nitrogen functional groups attached to an aromatic ring is 1. The lowest BCUT2D eigenvalue weighted by atomic mass is 10.2. The van der Waals surface area contributed by atoms with Crippen LogP contribution in [-0.2, 0) is 4.74 Å². The predicted octanol–water partition coefficient (Wildman–Crippen LogP) is 3.87. The Labute approximate surface area is 141 Å². The van der Waals surface area contributed by atoms with E-state index in [1.807, 2.05) is 0 Å². The first-order valence-electron chi connectivity index (χ1n) is 7.50. The molecule has 0 aliphatic rings. The van der Waals surface area contributed by atoms with Gasteiger partial charge in [0.1, 0.15) is 5.60 Å². The summed E-state index contributed by atoms with van der Waals surface area (Å²) in [6.45, 7) is 5.38. The zero-order chi connectivity index (χ0) is 17.7. The van der Waals surface area contributed by atoms with E-state index in [0.29, 0.717) is 22.6 Å². The van der Waals surface area contributed by atoms with Gasteiger partial charge in [-0.3, -0.25) is 10.1 Å². The highest BCUT2D eigenvalue weighted by Gasteiger charge is 2.16. The number of hydrogen-bond acceptors (Lipinski definition) is 4. The standard InChI is InChI=1S/C18H21N3O3/c1-18(2,3)24-17(23)21-15-9-7-14(8-10-15)20-16(22)12-5-4-6-13(19)11-12/h4-11H,19H2,1-3H3,(H,20,22)(H,21,23). The third-order valence-electron chi connectivity index (χ3n) is 2.94. The highest BCUT2D eigenvalue weighted by Crippen LogP contribution is 2.17. The van der Waals surface area contributed by atoms with E-state index >= 15 is 0 Å². The minimum Gasteiger partial charge on any atom is -0.444 e. The number of nitrogens with two attached hydrogens (primary N) is 1. The fourth-order valence-corrected chi connectivity index (χ4v) is 1.94. The Morgan fingerprint density at radius 3 is 2.08 bits per heavy atom. The summed E-state index contributed by atoms with van der Waals surface area (Å²) in [6.07, 6.45) is -0.529. The molecule has 0 atom stereocenters. The summed E-state index contributed by atoms with van der Waals surface area (Å²) >= 11 is 0. The number of anilines is 3. The topological polar surface area (TPSA) is 93.5 Å². The van der Waals surface area contributed by atoms with Crippen LogP contribution in [0.1, 0.15) is 31.1 Å². The third-order valence-corrected chi connectivity index (χ3v) is 2.94. The van der Waals surface area contributed by atoms with E-state index < -0.39 is 11.7 Å². The fourth-order valence-electron chi connectivity index (χ4n) is 1.94. The highest BCUT2D eigenvalue weighted by molar-refractivity contribution is 6.04. The lowest BCUT2D eigenvalue weighted by Gasteiger charge is -2.19. The summed E-state index contributed by atoms with van der Waals surface area (Å²) in [6, 6.07) is 13.5. The summed E-state index contributed by atoms with van der Waals surface area (Å²) in [7, 11) is 0. The first-order valence-corrected chi connectivity index (χ1v) is 7.50. The Kier molecular flexibility index (Phi) is 5.08. The molecule has 0 unspecified atom stereocenters. The number of ether oxygens (including phenoxy) is 1. The molecule has 0 aromatic heterocycles. The smallest absolute Gasteiger partial charge is 0.412 e. The van der Waals surface area contributed by atoms with Gasteiger partial charge in [-0.25, -0.2) is 4.79 Å². The summed E-state index contributed by atoms with van der Waals surface area (Å²) in [5, 5.41) is 5.39. The van der Waals surface area contributed by atoms with Gasteiger partial charge in [0.25, 0.3) is 5.91 Å². The lowest BCUT2D eigenvalue weighted by Crippen LogP contribution is -2.27. The van der Waals surface area contributed by atoms with Crippen molar-refractivity contribution < 1.29 is 14.3 Å². The fraction of sp³-hybridized carbons (Fsp3) is 0.222. The van der Waals surface area contributed by atoms with Gasteiger partial charge >= 0.3 is 6.09 Å². The van der Waals surface area contributed by atoms with Gasteiger partial charge in [-0.15, -0.1) is 0 Å². The van der Waals surface area contributed by atoms with Gasteiger partial charge in [0, 0.05) is 22.6 Å². The maximum atomic E-state index is 12.1. The summed E-state index contributed by atoms with van der Waals surface area (Å²) in [5.74, 6) is -0.254. The molecule has 4 N–H and O–H groups in total. The minimum atomic E-state index is -0.560. The van der Waals surface area contributed by atoms with Crippen LogP contribution in [0.5, 0.6) is 0 Å². The van der Waals surface area contributed by atoms with Gasteiger partial charge in [-0.05, 0) is 63.2 Å². The van der Waals surface area contributed by atoms with E-state index in [1.165, 1.54) is 0 Å². The molecule has 0 saturated carbocycles. The number of nitrogens with one attached hydrogen (secondary N) is 2. The molecule has 6 heteroatoms. The second kappa shape index (κ2) is 7.04. The van der Waals surface area contributed by atoms with Crippen molar-refractivity contribution >= 4 is 29.1 Å². The van der Waals surface area contributed by atoms with Crippen molar-refractivity contribution in [2.45, 2.75) is 26.4 Å². The number of carbonyl (C=O) groups is 2. The molecule has 126 valence electrons. The van der Waals surface area contributed by atoms with E-state index in [4.69, 9.17) is 10.5 Å². The molecule has 6 nitrogen and oxygen atoms in total. The van der Waals surface area contributed by atoms with E-state index in [0.717, 1.165) is 0 Å². The molecule has 2 aromatic carbocycles. The van der Waals surface area contributed by atoms with Gasteiger partial charge in [0.15, 0.2) is 0 Å². The number of benzene rings is 2. The van der Waals surface area contributed by atoms with Crippen molar-refractivity contribution in [3.63, 3.8) is 0 Å². The molecule has 0 saturated heterocycles. The minimum absolute atomic E-state index is 0.254. The Bertz CT molecular complexity index is 734. The summed E-state index contributed by atoms with van der Waals surface area (Å²) < 4.78 is 5.17. The number of rotatable bonds is 3. The van der Waals surface area contributed by atoms with Crippen molar-refractivity contribution in [1.29, 1.82) is 0 Å². The molecule has 2 amide bonds. The van der Waals surface area contributed by atoms with Crippen LogP contribution >= 0.6 is 0 Å². The number of amides is 2. The van der Waals surface area contributed by atoms with Crippen LogP contribution in [0.3, 0.4) is 0 Å². The lowest BCUT2D eigenvalue weighted by molar-refractivity contribution is 0.0635. The average Bonchev–Trinajstić information content (AvgIpc) is 2.47. The Hall–Kier alpha value is -3.02. The second-order valence-corrected chi connectivity index (χ2v) is 6.28. The number of carbonyl (C=O) groups excluding carboxylic acids is 2. The third kappa shape index (κ3) is 5.31. The second-order valence-electron chi connectivity index (χ2n) is 6.28. The zero-order valence-electron chi connectivity index (χ0n) is 13.9.